The van der Waals surface area contributed by atoms with Crippen molar-refractivity contribution in [1.29, 1.82) is 0 Å². The third-order valence-corrected chi connectivity index (χ3v) is 1.85. The number of rotatable bonds is 6. The second-order valence-corrected chi connectivity index (χ2v) is 2.82. The van der Waals surface area contributed by atoms with E-state index in [1.54, 1.807) is 0 Å². The highest BCUT2D eigenvalue weighted by atomic mass is 15.0. The van der Waals surface area contributed by atoms with Gasteiger partial charge in [0.25, 0.3) is 0 Å². The summed E-state index contributed by atoms with van der Waals surface area (Å²) in [6, 6.07) is 0. The van der Waals surface area contributed by atoms with Gasteiger partial charge in [-0.1, -0.05) is 13.3 Å². The van der Waals surface area contributed by atoms with Crippen molar-refractivity contribution in [3.8, 4) is 0 Å². The van der Waals surface area contributed by atoms with Crippen LogP contribution in [0.4, 0.5) is 0 Å². The molecule has 0 fully saturated rings. The lowest BCUT2D eigenvalue weighted by Crippen LogP contribution is -2.15. The molecule has 1 atom stereocenters. The topological polar surface area (TPSA) is 104 Å². The first-order valence-corrected chi connectivity index (χ1v) is 4.58. The molecule has 4 heteroatoms. The summed E-state index contributed by atoms with van der Waals surface area (Å²) in [6.07, 6.45) is 4.84. The predicted octanol–water partition coefficient (Wildman–Crippen LogP) is -0.0809. The maximum absolute atomic E-state index is 5.56. The van der Waals surface area contributed by atoms with Crippen LogP contribution in [-0.2, 0) is 0 Å². The van der Waals surface area contributed by atoms with E-state index in [1.165, 1.54) is 19.3 Å². The van der Waals surface area contributed by atoms with Crippen LogP contribution in [-0.4, -0.2) is 13.1 Å². The molecule has 0 saturated carbocycles. The number of nitrogens with two attached hydrogens (primary N) is 4. The molecule has 76 valence electrons. The highest BCUT2D eigenvalue weighted by Gasteiger charge is 2.02. The number of hydrogen-bond donors (Lipinski definition) is 4. The lowest BCUT2D eigenvalue weighted by molar-refractivity contribution is 0.444. The second kappa shape index (κ2) is 13.4. The zero-order chi connectivity index (χ0) is 9.82. The summed E-state index contributed by atoms with van der Waals surface area (Å²) in [5.74, 6) is 8.72. The van der Waals surface area contributed by atoms with Gasteiger partial charge >= 0.3 is 0 Å². The van der Waals surface area contributed by atoms with Gasteiger partial charge in [-0.3, -0.25) is 11.7 Å². The van der Waals surface area contributed by atoms with Crippen molar-refractivity contribution in [2.75, 3.05) is 13.1 Å². The van der Waals surface area contributed by atoms with Crippen LogP contribution in [0.15, 0.2) is 0 Å². The molecule has 0 aliphatic rings. The predicted molar refractivity (Wildman–Crippen MR) is 54.1 cm³/mol. The number of hydrogen-bond acceptors (Lipinski definition) is 4. The standard InChI is InChI=1S/C8H20N2.H4N2/c1-2-4-8(7-10)5-3-6-9;1-2/h8H,2-7,9-10H2,1H3;1-2H2. The van der Waals surface area contributed by atoms with Gasteiger partial charge in [0, 0.05) is 0 Å². The Morgan fingerprint density at radius 2 is 1.67 bits per heavy atom. The maximum Gasteiger partial charge on any atom is -0.00489 e. The second-order valence-electron chi connectivity index (χ2n) is 2.82. The highest BCUT2D eigenvalue weighted by Crippen LogP contribution is 2.10. The molecule has 8 N–H and O–H groups in total. The van der Waals surface area contributed by atoms with Crippen molar-refractivity contribution in [2.24, 2.45) is 29.1 Å². The van der Waals surface area contributed by atoms with Crippen LogP contribution in [0.3, 0.4) is 0 Å². The van der Waals surface area contributed by atoms with Crippen LogP contribution < -0.4 is 23.2 Å². The zero-order valence-electron chi connectivity index (χ0n) is 8.13. The quantitative estimate of drug-likeness (QED) is 0.335. The van der Waals surface area contributed by atoms with Crippen LogP contribution in [0.25, 0.3) is 0 Å². The minimum Gasteiger partial charge on any atom is -0.330 e. The van der Waals surface area contributed by atoms with Gasteiger partial charge in [0.15, 0.2) is 0 Å². The monoisotopic (exact) mass is 176 g/mol. The fraction of sp³-hybridized carbons (Fsp3) is 1.00. The van der Waals surface area contributed by atoms with E-state index < -0.39 is 0 Å². The van der Waals surface area contributed by atoms with Gasteiger partial charge in [0.1, 0.15) is 0 Å². The summed E-state index contributed by atoms with van der Waals surface area (Å²) in [6.45, 7) is 3.83. The molecular formula is C8H24N4. The first-order chi connectivity index (χ1) is 5.85. The summed E-state index contributed by atoms with van der Waals surface area (Å²) in [7, 11) is 0. The first-order valence-electron chi connectivity index (χ1n) is 4.58. The van der Waals surface area contributed by atoms with E-state index >= 15 is 0 Å². The summed E-state index contributed by atoms with van der Waals surface area (Å²) in [5.41, 5.74) is 10.9. The molecule has 0 aliphatic heterocycles. The van der Waals surface area contributed by atoms with E-state index in [9.17, 15) is 0 Å². The third kappa shape index (κ3) is 9.84. The van der Waals surface area contributed by atoms with Gasteiger partial charge in [-0.05, 0) is 38.3 Å². The summed E-state index contributed by atoms with van der Waals surface area (Å²) < 4.78 is 0. The van der Waals surface area contributed by atoms with Gasteiger partial charge in [-0.25, -0.2) is 0 Å². The molecule has 0 spiro atoms. The van der Waals surface area contributed by atoms with Gasteiger partial charge in [-0.15, -0.1) is 0 Å². The highest BCUT2D eigenvalue weighted by molar-refractivity contribution is 4.59. The Balaban J connectivity index is 0. The van der Waals surface area contributed by atoms with Crippen molar-refractivity contribution in [1.82, 2.24) is 0 Å². The maximum atomic E-state index is 5.56. The molecule has 0 rings (SSSR count). The molecule has 0 bridgehead atoms. The lowest BCUT2D eigenvalue weighted by Gasteiger charge is -2.11. The molecule has 4 nitrogen and oxygen atoms in total. The first kappa shape index (κ1) is 14.4. The summed E-state index contributed by atoms with van der Waals surface area (Å²) in [5, 5.41) is 0. The van der Waals surface area contributed by atoms with E-state index in [2.05, 4.69) is 18.6 Å². The molecule has 0 heterocycles. The van der Waals surface area contributed by atoms with E-state index in [-0.39, 0.29) is 0 Å². The normalized spacial score (nSPS) is 11.8. The van der Waals surface area contributed by atoms with Crippen molar-refractivity contribution in [3.05, 3.63) is 0 Å². The minimum absolute atomic E-state index is 0.716. The van der Waals surface area contributed by atoms with E-state index in [0.717, 1.165) is 19.5 Å². The molecule has 0 saturated heterocycles. The van der Waals surface area contributed by atoms with Crippen molar-refractivity contribution in [3.63, 3.8) is 0 Å². The number of hydrazine groups is 1. The molecule has 0 radical (unpaired) electrons. The van der Waals surface area contributed by atoms with Gasteiger partial charge in [-0.2, -0.15) is 0 Å². The summed E-state index contributed by atoms with van der Waals surface area (Å²) in [4.78, 5) is 0. The Kier molecular flexibility index (Phi) is 16.1. The Bertz CT molecular complexity index is 68.1. The fourth-order valence-corrected chi connectivity index (χ4v) is 1.19. The van der Waals surface area contributed by atoms with E-state index in [0.29, 0.717) is 5.92 Å². The molecular weight excluding hydrogens is 152 g/mol. The molecule has 0 aliphatic carbocycles. The Hall–Kier alpha value is -0.160. The van der Waals surface area contributed by atoms with Crippen LogP contribution in [0.1, 0.15) is 32.6 Å². The molecule has 1 unspecified atom stereocenters. The van der Waals surface area contributed by atoms with Crippen molar-refractivity contribution in [2.45, 2.75) is 32.6 Å². The SMILES string of the molecule is CCCC(CN)CCCN.NN. The minimum atomic E-state index is 0.716. The van der Waals surface area contributed by atoms with Crippen LogP contribution in [0.2, 0.25) is 0 Å². The van der Waals surface area contributed by atoms with E-state index in [4.69, 9.17) is 11.5 Å². The third-order valence-electron chi connectivity index (χ3n) is 1.85. The zero-order valence-corrected chi connectivity index (χ0v) is 8.13. The molecule has 0 amide bonds. The molecule has 0 aromatic heterocycles. The lowest BCUT2D eigenvalue weighted by atomic mass is 9.98. The van der Waals surface area contributed by atoms with Crippen molar-refractivity contribution >= 4 is 0 Å². The molecule has 0 aromatic carbocycles. The Morgan fingerprint density at radius 1 is 1.08 bits per heavy atom. The van der Waals surface area contributed by atoms with Gasteiger partial charge in [0.05, 0.1) is 0 Å². The average Bonchev–Trinajstić information content (AvgIpc) is 2.15. The van der Waals surface area contributed by atoms with Crippen LogP contribution in [0.5, 0.6) is 0 Å². The van der Waals surface area contributed by atoms with Crippen molar-refractivity contribution < 1.29 is 0 Å². The van der Waals surface area contributed by atoms with E-state index in [1.807, 2.05) is 0 Å². The van der Waals surface area contributed by atoms with Crippen LogP contribution >= 0.6 is 0 Å². The molecule has 0 aromatic rings. The Morgan fingerprint density at radius 3 is 2.00 bits per heavy atom. The van der Waals surface area contributed by atoms with Crippen LogP contribution in [0, 0.1) is 5.92 Å². The fourth-order valence-electron chi connectivity index (χ4n) is 1.19. The smallest absolute Gasteiger partial charge is 0.00489 e. The molecule has 12 heavy (non-hydrogen) atoms. The summed E-state index contributed by atoms with van der Waals surface area (Å²) >= 11 is 0. The largest absolute Gasteiger partial charge is 0.330 e. The average molecular weight is 176 g/mol. The van der Waals surface area contributed by atoms with Gasteiger partial charge < -0.3 is 11.5 Å². The Labute approximate surface area is 75.6 Å². The van der Waals surface area contributed by atoms with Gasteiger partial charge in [0.2, 0.25) is 0 Å².